The van der Waals surface area contributed by atoms with Crippen LogP contribution in [-0.2, 0) is 4.79 Å². The van der Waals surface area contributed by atoms with Gasteiger partial charge in [-0.15, -0.1) is 0 Å². The molecule has 1 atom stereocenters. The topological polar surface area (TPSA) is 58.4 Å². The number of nitrogen functional groups attached to an aromatic ring is 1. The molecule has 1 saturated heterocycles. The minimum absolute atomic E-state index is 0.0232. The van der Waals surface area contributed by atoms with Gasteiger partial charge in [-0.05, 0) is 43.9 Å². The second-order valence-corrected chi connectivity index (χ2v) is 5.57. The lowest BCUT2D eigenvalue weighted by molar-refractivity contribution is -0.117. The van der Waals surface area contributed by atoms with E-state index >= 15 is 0 Å². The zero-order valence-electron chi connectivity index (χ0n) is 11.8. The van der Waals surface area contributed by atoms with Gasteiger partial charge in [0.15, 0.2) is 0 Å². The zero-order valence-corrected chi connectivity index (χ0v) is 11.8. The number of likely N-dealkylation sites (tertiary alicyclic amines) is 1. The third-order valence-electron chi connectivity index (χ3n) is 3.68. The summed E-state index contributed by atoms with van der Waals surface area (Å²) < 4.78 is 0. The number of nitrogens with two attached hydrogens (primary N) is 1. The van der Waals surface area contributed by atoms with E-state index in [0.29, 0.717) is 18.2 Å². The number of anilines is 2. The van der Waals surface area contributed by atoms with Gasteiger partial charge in [-0.25, -0.2) is 0 Å². The van der Waals surface area contributed by atoms with E-state index in [-0.39, 0.29) is 5.91 Å². The van der Waals surface area contributed by atoms with E-state index < -0.39 is 0 Å². The van der Waals surface area contributed by atoms with E-state index in [1.807, 2.05) is 25.1 Å². The summed E-state index contributed by atoms with van der Waals surface area (Å²) in [6.45, 7) is 6.67. The summed E-state index contributed by atoms with van der Waals surface area (Å²) in [5.41, 5.74) is 8.27. The second-order valence-electron chi connectivity index (χ2n) is 5.57. The summed E-state index contributed by atoms with van der Waals surface area (Å²) in [5, 5.41) is 2.94. The summed E-state index contributed by atoms with van der Waals surface area (Å²) in [6, 6.07) is 5.66. The number of nitrogens with one attached hydrogen (secondary N) is 1. The molecule has 1 aliphatic rings. The number of nitrogens with zero attached hydrogens (tertiary/aromatic N) is 1. The summed E-state index contributed by atoms with van der Waals surface area (Å²) in [7, 11) is 0. The molecule has 0 saturated carbocycles. The maximum atomic E-state index is 12.1. The number of amides is 1. The predicted molar refractivity (Wildman–Crippen MR) is 79.1 cm³/mol. The number of hydrogen-bond donors (Lipinski definition) is 2. The van der Waals surface area contributed by atoms with Gasteiger partial charge in [0.2, 0.25) is 5.91 Å². The Morgan fingerprint density at radius 3 is 3.00 bits per heavy atom. The highest BCUT2D eigenvalue weighted by molar-refractivity contribution is 5.96. The lowest BCUT2D eigenvalue weighted by Crippen LogP contribution is -2.39. The van der Waals surface area contributed by atoms with Crippen LogP contribution in [0.4, 0.5) is 11.4 Å². The summed E-state index contributed by atoms with van der Waals surface area (Å²) in [6.07, 6.45) is 2.45. The predicted octanol–water partition coefficient (Wildman–Crippen LogP) is 2.25. The smallest absolute Gasteiger partial charge is 0.238 e. The Kier molecular flexibility index (Phi) is 4.43. The molecule has 4 nitrogen and oxygen atoms in total. The van der Waals surface area contributed by atoms with Crippen LogP contribution in [-0.4, -0.2) is 30.4 Å². The first-order valence-electron chi connectivity index (χ1n) is 6.93. The van der Waals surface area contributed by atoms with Crippen molar-refractivity contribution in [1.82, 2.24) is 4.90 Å². The fourth-order valence-electron chi connectivity index (χ4n) is 2.67. The number of carbonyl (C=O) groups is 1. The van der Waals surface area contributed by atoms with Crippen molar-refractivity contribution in [2.75, 3.05) is 30.7 Å². The number of rotatable bonds is 3. The number of hydrogen-bond acceptors (Lipinski definition) is 3. The van der Waals surface area contributed by atoms with Gasteiger partial charge in [-0.3, -0.25) is 9.69 Å². The van der Waals surface area contributed by atoms with Crippen LogP contribution in [0.3, 0.4) is 0 Å². The average molecular weight is 261 g/mol. The molecule has 1 fully saturated rings. The third kappa shape index (κ3) is 3.70. The monoisotopic (exact) mass is 261 g/mol. The number of aryl methyl sites for hydroxylation is 1. The highest BCUT2D eigenvalue weighted by atomic mass is 16.2. The highest BCUT2D eigenvalue weighted by Crippen LogP contribution is 2.22. The first-order chi connectivity index (χ1) is 9.06. The van der Waals surface area contributed by atoms with E-state index in [1.165, 1.54) is 12.8 Å². The Bertz CT molecular complexity index is 438. The molecule has 19 heavy (non-hydrogen) atoms. The zero-order chi connectivity index (χ0) is 13.8. The largest absolute Gasteiger partial charge is 0.397 e. The number of piperidine rings is 1. The van der Waals surface area contributed by atoms with E-state index in [2.05, 4.69) is 17.1 Å². The Hall–Kier alpha value is -1.55. The molecule has 1 aromatic carbocycles. The van der Waals surface area contributed by atoms with Crippen molar-refractivity contribution < 1.29 is 4.79 Å². The van der Waals surface area contributed by atoms with Crippen molar-refractivity contribution in [1.29, 1.82) is 0 Å². The molecule has 0 spiro atoms. The van der Waals surface area contributed by atoms with E-state index in [4.69, 9.17) is 5.73 Å². The van der Waals surface area contributed by atoms with Gasteiger partial charge in [-0.2, -0.15) is 0 Å². The number of benzene rings is 1. The molecule has 1 aliphatic heterocycles. The fourth-order valence-corrected chi connectivity index (χ4v) is 2.67. The maximum absolute atomic E-state index is 12.1. The van der Waals surface area contributed by atoms with Crippen LogP contribution >= 0.6 is 0 Å². The Morgan fingerprint density at radius 1 is 1.53 bits per heavy atom. The Labute approximate surface area is 115 Å². The quantitative estimate of drug-likeness (QED) is 0.820. The average Bonchev–Trinajstić information content (AvgIpc) is 2.34. The van der Waals surface area contributed by atoms with Crippen molar-refractivity contribution >= 4 is 17.3 Å². The molecule has 104 valence electrons. The van der Waals surface area contributed by atoms with Crippen molar-refractivity contribution in [3.05, 3.63) is 23.8 Å². The molecule has 0 radical (unpaired) electrons. The van der Waals surface area contributed by atoms with Gasteiger partial charge in [0.05, 0.1) is 17.9 Å². The van der Waals surface area contributed by atoms with Crippen LogP contribution in [0.15, 0.2) is 18.2 Å². The van der Waals surface area contributed by atoms with Crippen molar-refractivity contribution in [3.8, 4) is 0 Å². The summed E-state index contributed by atoms with van der Waals surface area (Å²) >= 11 is 0. The Balaban J connectivity index is 1.94. The molecular formula is C15H23N3O. The van der Waals surface area contributed by atoms with Crippen LogP contribution in [0, 0.1) is 12.8 Å². The number of para-hydroxylation sites is 1. The van der Waals surface area contributed by atoms with E-state index in [1.54, 1.807) is 0 Å². The summed E-state index contributed by atoms with van der Waals surface area (Å²) in [5.74, 6) is 0.709. The lowest BCUT2D eigenvalue weighted by Gasteiger charge is -2.30. The molecule has 0 aliphatic carbocycles. The van der Waals surface area contributed by atoms with Crippen LogP contribution < -0.4 is 11.1 Å². The normalized spacial score (nSPS) is 20.2. The molecule has 1 heterocycles. The van der Waals surface area contributed by atoms with Gasteiger partial charge < -0.3 is 11.1 Å². The fraction of sp³-hybridized carbons (Fsp3) is 0.533. The third-order valence-corrected chi connectivity index (χ3v) is 3.68. The van der Waals surface area contributed by atoms with E-state index in [0.717, 1.165) is 24.3 Å². The minimum atomic E-state index is 0.0232. The molecule has 4 heteroatoms. The standard InChI is InChI=1S/C15H23N3O/c1-11-5-4-8-18(9-11)10-14(19)17-15-12(2)6-3-7-13(15)16/h3,6-7,11H,4-5,8-10,16H2,1-2H3,(H,17,19). The van der Waals surface area contributed by atoms with Crippen molar-refractivity contribution in [2.45, 2.75) is 26.7 Å². The van der Waals surface area contributed by atoms with Crippen molar-refractivity contribution in [2.24, 2.45) is 5.92 Å². The van der Waals surface area contributed by atoms with Crippen LogP contribution in [0.5, 0.6) is 0 Å². The molecule has 1 unspecified atom stereocenters. The van der Waals surface area contributed by atoms with Gasteiger partial charge in [-0.1, -0.05) is 19.1 Å². The molecule has 2 rings (SSSR count). The van der Waals surface area contributed by atoms with E-state index in [9.17, 15) is 4.79 Å². The molecule has 0 aromatic heterocycles. The second kappa shape index (κ2) is 6.06. The molecular weight excluding hydrogens is 238 g/mol. The Morgan fingerprint density at radius 2 is 2.32 bits per heavy atom. The molecule has 1 amide bonds. The molecule has 3 N–H and O–H groups in total. The summed E-state index contributed by atoms with van der Waals surface area (Å²) in [4.78, 5) is 14.3. The SMILES string of the molecule is Cc1cccc(N)c1NC(=O)CN1CCCC(C)C1. The van der Waals surface area contributed by atoms with Gasteiger partial charge in [0.25, 0.3) is 0 Å². The van der Waals surface area contributed by atoms with Crippen LogP contribution in [0.1, 0.15) is 25.3 Å². The van der Waals surface area contributed by atoms with Gasteiger partial charge in [0, 0.05) is 6.54 Å². The van der Waals surface area contributed by atoms with Crippen LogP contribution in [0.2, 0.25) is 0 Å². The van der Waals surface area contributed by atoms with Gasteiger partial charge in [0.1, 0.15) is 0 Å². The van der Waals surface area contributed by atoms with Crippen LogP contribution in [0.25, 0.3) is 0 Å². The van der Waals surface area contributed by atoms with Crippen molar-refractivity contribution in [3.63, 3.8) is 0 Å². The molecule has 0 bridgehead atoms. The van der Waals surface area contributed by atoms with Gasteiger partial charge >= 0.3 is 0 Å². The maximum Gasteiger partial charge on any atom is 0.238 e. The first kappa shape index (κ1) is 13.9. The number of carbonyl (C=O) groups excluding carboxylic acids is 1. The minimum Gasteiger partial charge on any atom is -0.397 e. The lowest BCUT2D eigenvalue weighted by atomic mass is 10.0. The first-order valence-corrected chi connectivity index (χ1v) is 6.93. The highest BCUT2D eigenvalue weighted by Gasteiger charge is 2.19. The molecule has 1 aromatic rings.